The van der Waals surface area contributed by atoms with Gasteiger partial charge >= 0.3 is 0 Å². The van der Waals surface area contributed by atoms with Gasteiger partial charge in [-0.1, -0.05) is 32.0 Å². The van der Waals surface area contributed by atoms with Crippen molar-refractivity contribution in [3.05, 3.63) is 53.6 Å². The van der Waals surface area contributed by atoms with Crippen LogP contribution in [0.1, 0.15) is 37.3 Å². The van der Waals surface area contributed by atoms with E-state index >= 15 is 0 Å². The third-order valence-electron chi connectivity index (χ3n) is 4.00. The molecule has 134 valence electrons. The highest BCUT2D eigenvalue weighted by Gasteiger charge is 2.13. The molecule has 0 aliphatic rings. The molecule has 0 saturated carbocycles. The van der Waals surface area contributed by atoms with Crippen LogP contribution in [0, 0.1) is 0 Å². The first-order valence-corrected chi connectivity index (χ1v) is 9.38. The van der Waals surface area contributed by atoms with Crippen LogP contribution in [0.2, 0.25) is 0 Å². The van der Waals surface area contributed by atoms with E-state index in [4.69, 9.17) is 4.74 Å². The summed E-state index contributed by atoms with van der Waals surface area (Å²) in [7, 11) is -2.34. The molecule has 0 aliphatic heterocycles. The van der Waals surface area contributed by atoms with E-state index in [2.05, 4.69) is 23.8 Å². The van der Waals surface area contributed by atoms with Crippen LogP contribution in [-0.2, 0) is 10.0 Å². The molecule has 0 radical (unpaired) electrons. The van der Waals surface area contributed by atoms with E-state index in [1.165, 1.54) is 13.3 Å². The standard InChI is InChI=1S/C18H22N2O4S/c1-4-13(2)14-8-10-16(11-9-14)25(22,23)20-19-12-15-6-5-7-17(24-3)18(15)21/h5-13,20-21H,4H2,1-3H3/b19-12+. The van der Waals surface area contributed by atoms with Crippen LogP contribution < -0.4 is 9.57 Å². The van der Waals surface area contributed by atoms with Crippen LogP contribution in [-0.4, -0.2) is 26.8 Å². The maximum atomic E-state index is 12.3. The fourth-order valence-corrected chi connectivity index (χ4v) is 3.03. The van der Waals surface area contributed by atoms with Crippen molar-refractivity contribution in [3.63, 3.8) is 0 Å². The summed E-state index contributed by atoms with van der Waals surface area (Å²) in [5.41, 5.74) is 1.43. The van der Waals surface area contributed by atoms with Gasteiger partial charge in [0.1, 0.15) is 0 Å². The summed E-state index contributed by atoms with van der Waals surface area (Å²) in [5, 5.41) is 13.7. The van der Waals surface area contributed by atoms with Crippen molar-refractivity contribution in [3.8, 4) is 11.5 Å². The predicted octanol–water partition coefficient (Wildman–Crippen LogP) is 3.23. The third-order valence-corrected chi connectivity index (χ3v) is 5.24. The lowest BCUT2D eigenvalue weighted by Crippen LogP contribution is -2.18. The van der Waals surface area contributed by atoms with Crippen LogP contribution in [0.15, 0.2) is 52.5 Å². The normalized spacial score (nSPS) is 12.9. The van der Waals surface area contributed by atoms with E-state index in [1.807, 2.05) is 0 Å². The molecule has 0 saturated heterocycles. The minimum Gasteiger partial charge on any atom is -0.504 e. The maximum absolute atomic E-state index is 12.3. The molecule has 0 amide bonds. The molecule has 7 heteroatoms. The zero-order valence-corrected chi connectivity index (χ0v) is 15.2. The number of hydrogen-bond donors (Lipinski definition) is 2. The Hall–Kier alpha value is -2.54. The first-order valence-electron chi connectivity index (χ1n) is 7.89. The van der Waals surface area contributed by atoms with E-state index in [1.54, 1.807) is 42.5 Å². The van der Waals surface area contributed by atoms with Gasteiger partial charge in [0.15, 0.2) is 11.5 Å². The zero-order valence-electron chi connectivity index (χ0n) is 14.4. The fraction of sp³-hybridized carbons (Fsp3) is 0.278. The molecule has 1 unspecified atom stereocenters. The molecule has 0 spiro atoms. The average molecular weight is 362 g/mol. The van der Waals surface area contributed by atoms with Gasteiger partial charge in [-0.2, -0.15) is 13.5 Å². The van der Waals surface area contributed by atoms with E-state index in [0.717, 1.165) is 12.0 Å². The van der Waals surface area contributed by atoms with Crippen molar-refractivity contribution in [1.29, 1.82) is 0 Å². The number of sulfonamides is 1. The number of phenolic OH excluding ortho intramolecular Hbond substituents is 1. The lowest BCUT2D eigenvalue weighted by atomic mass is 9.99. The van der Waals surface area contributed by atoms with Crippen LogP contribution in [0.5, 0.6) is 11.5 Å². The Morgan fingerprint density at radius 2 is 1.92 bits per heavy atom. The average Bonchev–Trinajstić information content (AvgIpc) is 2.62. The first-order chi connectivity index (χ1) is 11.9. The number of aromatic hydroxyl groups is 1. The maximum Gasteiger partial charge on any atom is 0.276 e. The zero-order chi connectivity index (χ0) is 18.4. The summed E-state index contributed by atoms with van der Waals surface area (Å²) >= 11 is 0. The van der Waals surface area contributed by atoms with Gasteiger partial charge < -0.3 is 9.84 Å². The van der Waals surface area contributed by atoms with Crippen LogP contribution in [0.3, 0.4) is 0 Å². The number of benzene rings is 2. The Labute approximate surface area is 148 Å². The first kappa shape index (κ1) is 18.8. The van der Waals surface area contributed by atoms with Gasteiger partial charge in [0.25, 0.3) is 10.0 Å². The van der Waals surface area contributed by atoms with Gasteiger partial charge in [-0.3, -0.25) is 0 Å². The van der Waals surface area contributed by atoms with E-state index in [0.29, 0.717) is 11.5 Å². The summed E-state index contributed by atoms with van der Waals surface area (Å²) in [4.78, 5) is 2.27. The summed E-state index contributed by atoms with van der Waals surface area (Å²) in [6, 6.07) is 11.6. The molecular formula is C18H22N2O4S. The largest absolute Gasteiger partial charge is 0.504 e. The Bertz CT molecular complexity index is 846. The van der Waals surface area contributed by atoms with Gasteiger partial charge in [0.2, 0.25) is 0 Å². The van der Waals surface area contributed by atoms with Gasteiger partial charge in [-0.25, -0.2) is 4.83 Å². The number of nitrogens with one attached hydrogen (secondary N) is 1. The van der Waals surface area contributed by atoms with Gasteiger partial charge in [0.05, 0.1) is 18.2 Å². The highest BCUT2D eigenvalue weighted by molar-refractivity contribution is 7.89. The number of para-hydroxylation sites is 1. The molecule has 25 heavy (non-hydrogen) atoms. The number of hydrogen-bond acceptors (Lipinski definition) is 5. The van der Waals surface area contributed by atoms with Crippen LogP contribution >= 0.6 is 0 Å². The smallest absolute Gasteiger partial charge is 0.276 e. The fourth-order valence-electron chi connectivity index (χ4n) is 2.24. The summed E-state index contributed by atoms with van der Waals surface area (Å²) in [6.07, 6.45) is 2.21. The molecule has 0 fully saturated rings. The summed E-state index contributed by atoms with van der Waals surface area (Å²) in [6.45, 7) is 4.17. The van der Waals surface area contributed by atoms with E-state index in [9.17, 15) is 13.5 Å². The topological polar surface area (TPSA) is 88.0 Å². The van der Waals surface area contributed by atoms with Gasteiger partial charge in [-0.05, 0) is 42.2 Å². The number of methoxy groups -OCH3 is 1. The molecule has 1 atom stereocenters. The highest BCUT2D eigenvalue weighted by Crippen LogP contribution is 2.28. The monoisotopic (exact) mass is 362 g/mol. The lowest BCUT2D eigenvalue weighted by molar-refractivity contribution is 0.373. The van der Waals surface area contributed by atoms with Crippen molar-refractivity contribution >= 4 is 16.2 Å². The molecular weight excluding hydrogens is 340 g/mol. The Morgan fingerprint density at radius 3 is 2.52 bits per heavy atom. The quantitative estimate of drug-likeness (QED) is 0.585. The minimum atomic E-state index is -3.77. The molecule has 0 heterocycles. The second-order valence-corrected chi connectivity index (χ2v) is 7.29. The van der Waals surface area contributed by atoms with Gasteiger partial charge in [-0.15, -0.1) is 0 Å². The Morgan fingerprint density at radius 1 is 1.24 bits per heavy atom. The number of nitrogens with zero attached hydrogens (tertiary/aromatic N) is 1. The molecule has 0 aliphatic carbocycles. The van der Waals surface area contributed by atoms with E-state index in [-0.39, 0.29) is 16.4 Å². The van der Waals surface area contributed by atoms with Crippen molar-refractivity contribution in [1.82, 2.24) is 4.83 Å². The van der Waals surface area contributed by atoms with Gasteiger partial charge in [0, 0.05) is 5.56 Å². The molecule has 2 aromatic carbocycles. The van der Waals surface area contributed by atoms with Crippen molar-refractivity contribution in [2.75, 3.05) is 7.11 Å². The molecule has 2 N–H and O–H groups in total. The number of hydrazone groups is 1. The van der Waals surface area contributed by atoms with Crippen LogP contribution in [0.25, 0.3) is 0 Å². The van der Waals surface area contributed by atoms with Crippen molar-refractivity contribution in [2.24, 2.45) is 5.10 Å². The molecule has 6 nitrogen and oxygen atoms in total. The number of ether oxygens (including phenoxy) is 1. The highest BCUT2D eigenvalue weighted by atomic mass is 32.2. The predicted molar refractivity (Wildman–Crippen MR) is 97.7 cm³/mol. The molecule has 2 rings (SSSR count). The second kappa shape index (κ2) is 8.02. The number of rotatable bonds is 7. The van der Waals surface area contributed by atoms with Crippen molar-refractivity contribution < 1.29 is 18.3 Å². The molecule has 2 aromatic rings. The Balaban J connectivity index is 2.14. The van der Waals surface area contributed by atoms with E-state index < -0.39 is 10.0 Å². The summed E-state index contributed by atoms with van der Waals surface area (Å²) in [5.74, 6) is 0.553. The molecule has 0 bridgehead atoms. The minimum absolute atomic E-state index is 0.106. The number of phenols is 1. The Kier molecular flexibility index (Phi) is 6.03. The molecule has 0 aromatic heterocycles. The SMILES string of the molecule is CCC(C)c1ccc(S(=O)(=O)N/N=C/c2cccc(OC)c2O)cc1. The third kappa shape index (κ3) is 4.51. The summed E-state index contributed by atoms with van der Waals surface area (Å²) < 4.78 is 29.5. The van der Waals surface area contributed by atoms with Crippen molar-refractivity contribution in [2.45, 2.75) is 31.1 Å². The second-order valence-electron chi connectivity index (χ2n) is 5.63. The lowest BCUT2D eigenvalue weighted by Gasteiger charge is -2.10. The van der Waals surface area contributed by atoms with Crippen LogP contribution in [0.4, 0.5) is 0 Å².